The number of halogens is 1. The largest absolute Gasteiger partial charge is 0.447 e. The van der Waals surface area contributed by atoms with E-state index in [1.165, 1.54) is 17.0 Å². The van der Waals surface area contributed by atoms with Gasteiger partial charge in [-0.25, -0.2) is 9.18 Å². The monoisotopic (exact) mass is 368 g/mol. The van der Waals surface area contributed by atoms with Crippen LogP contribution in [0.3, 0.4) is 0 Å². The van der Waals surface area contributed by atoms with Crippen LogP contribution < -0.4 is 4.90 Å². The fourth-order valence-electron chi connectivity index (χ4n) is 3.72. The third-order valence-electron chi connectivity index (χ3n) is 5.18. The van der Waals surface area contributed by atoms with Crippen LogP contribution in [0, 0.1) is 5.82 Å². The van der Waals surface area contributed by atoms with Gasteiger partial charge in [0.05, 0.1) is 11.7 Å². The Morgan fingerprint density at radius 2 is 2.00 bits per heavy atom. The smallest absolute Gasteiger partial charge is 0.414 e. The molecule has 2 aliphatic rings. The summed E-state index contributed by atoms with van der Waals surface area (Å²) in [6.45, 7) is 1.17. The van der Waals surface area contributed by atoms with Crippen molar-refractivity contribution < 1.29 is 18.7 Å². The van der Waals surface area contributed by atoms with Crippen molar-refractivity contribution in [2.24, 2.45) is 0 Å². The number of carbonyl (C=O) groups is 2. The second kappa shape index (κ2) is 7.39. The number of nitrogens with zero attached hydrogens (tertiary/aromatic N) is 2. The molecule has 2 aromatic carbocycles. The lowest BCUT2D eigenvalue weighted by molar-refractivity contribution is -0.132. The molecule has 0 saturated carbocycles. The van der Waals surface area contributed by atoms with Crippen LogP contribution in [0.5, 0.6) is 0 Å². The van der Waals surface area contributed by atoms with Gasteiger partial charge in [0.25, 0.3) is 0 Å². The van der Waals surface area contributed by atoms with Crippen molar-refractivity contribution in [2.45, 2.75) is 31.8 Å². The molecule has 2 aliphatic heterocycles. The first-order valence-electron chi connectivity index (χ1n) is 9.18. The number of hydrogen-bond donors (Lipinski definition) is 0. The van der Waals surface area contributed by atoms with Crippen molar-refractivity contribution in [3.05, 3.63) is 65.5 Å². The van der Waals surface area contributed by atoms with Crippen molar-refractivity contribution >= 4 is 17.7 Å². The van der Waals surface area contributed by atoms with Crippen LogP contribution >= 0.6 is 0 Å². The van der Waals surface area contributed by atoms with Crippen LogP contribution in [0.25, 0.3) is 0 Å². The second-order valence-corrected chi connectivity index (χ2v) is 6.96. The average Bonchev–Trinajstić information content (AvgIpc) is 3.03. The van der Waals surface area contributed by atoms with E-state index in [0.29, 0.717) is 38.0 Å². The maximum Gasteiger partial charge on any atom is 0.414 e. The Labute approximate surface area is 157 Å². The molecular formula is C21H21FN2O3. The van der Waals surface area contributed by atoms with Crippen LogP contribution in [0.4, 0.5) is 14.9 Å². The van der Waals surface area contributed by atoms with E-state index in [9.17, 15) is 14.0 Å². The maximum atomic E-state index is 13.8. The van der Waals surface area contributed by atoms with Crippen molar-refractivity contribution in [1.29, 1.82) is 0 Å². The van der Waals surface area contributed by atoms with E-state index in [2.05, 4.69) is 0 Å². The highest BCUT2D eigenvalue weighted by Gasteiger charge is 2.37. The molecule has 27 heavy (non-hydrogen) atoms. The molecular weight excluding hydrogens is 347 g/mol. The average molecular weight is 368 g/mol. The fourth-order valence-corrected chi connectivity index (χ4v) is 3.72. The Kier molecular flexibility index (Phi) is 4.79. The predicted molar refractivity (Wildman–Crippen MR) is 98.8 cm³/mol. The highest BCUT2D eigenvalue weighted by atomic mass is 19.1. The molecule has 1 atom stereocenters. The summed E-state index contributed by atoms with van der Waals surface area (Å²) in [4.78, 5) is 28.3. The van der Waals surface area contributed by atoms with Crippen LogP contribution in [0.1, 0.15) is 24.0 Å². The topological polar surface area (TPSA) is 49.9 Å². The van der Waals surface area contributed by atoms with E-state index < -0.39 is 11.9 Å². The predicted octanol–water partition coefficient (Wildman–Crippen LogP) is 3.52. The highest BCUT2D eigenvalue weighted by molar-refractivity contribution is 5.91. The van der Waals surface area contributed by atoms with Gasteiger partial charge >= 0.3 is 6.09 Å². The molecule has 2 aromatic rings. The van der Waals surface area contributed by atoms with Gasteiger partial charge in [-0.2, -0.15) is 0 Å². The lowest BCUT2D eigenvalue weighted by atomic mass is 10.0. The first-order valence-corrected chi connectivity index (χ1v) is 9.18. The van der Waals surface area contributed by atoms with Gasteiger partial charge in [-0.15, -0.1) is 0 Å². The zero-order valence-corrected chi connectivity index (χ0v) is 14.9. The number of rotatable bonds is 3. The third-order valence-corrected chi connectivity index (χ3v) is 5.18. The summed E-state index contributed by atoms with van der Waals surface area (Å²) in [6, 6.07) is 14.1. The summed E-state index contributed by atoms with van der Waals surface area (Å²) in [6.07, 6.45) is 1.27. The minimum atomic E-state index is -0.448. The van der Waals surface area contributed by atoms with Gasteiger partial charge in [0, 0.05) is 19.5 Å². The molecule has 5 nitrogen and oxygen atoms in total. The Morgan fingerprint density at radius 3 is 2.81 bits per heavy atom. The Balaban J connectivity index is 1.55. The number of fused-ring (bicyclic) bond motifs is 3. The SMILES string of the molecule is O=C(CCc1ccccc1)N1CC[C@H]2COC(=O)N2c2cc(F)ccc2C1. The van der Waals surface area contributed by atoms with Crippen LogP contribution in [0.15, 0.2) is 48.5 Å². The van der Waals surface area contributed by atoms with Gasteiger partial charge in [0.1, 0.15) is 12.4 Å². The molecule has 0 N–H and O–H groups in total. The molecule has 6 heteroatoms. The van der Waals surface area contributed by atoms with Gasteiger partial charge < -0.3 is 9.64 Å². The Bertz CT molecular complexity index is 856. The van der Waals surface area contributed by atoms with Gasteiger partial charge in [-0.05, 0) is 36.1 Å². The summed E-state index contributed by atoms with van der Waals surface area (Å²) < 4.78 is 19.0. The molecule has 0 aliphatic carbocycles. The lowest BCUT2D eigenvalue weighted by Crippen LogP contribution is -2.42. The standard InChI is InChI=1S/C21H21FN2O3/c22-17-8-7-16-13-23(20(25)9-6-15-4-2-1-3-5-15)11-10-18-14-27-21(26)24(18)19(16)12-17/h1-5,7-8,12,18H,6,9-11,13-14H2/t18-/m0/s1. The fraction of sp³-hybridized carbons (Fsp3) is 0.333. The maximum absolute atomic E-state index is 13.8. The van der Waals surface area contributed by atoms with Crippen molar-refractivity contribution in [3.63, 3.8) is 0 Å². The minimum Gasteiger partial charge on any atom is -0.447 e. The molecule has 140 valence electrons. The van der Waals surface area contributed by atoms with E-state index >= 15 is 0 Å². The van der Waals surface area contributed by atoms with E-state index in [1.54, 1.807) is 11.0 Å². The molecule has 0 spiro atoms. The Hall–Kier alpha value is -2.89. The number of aryl methyl sites for hydroxylation is 1. The second-order valence-electron chi connectivity index (χ2n) is 6.96. The molecule has 0 radical (unpaired) electrons. The summed E-state index contributed by atoms with van der Waals surface area (Å²) in [5.74, 6) is -0.345. The summed E-state index contributed by atoms with van der Waals surface area (Å²) in [7, 11) is 0. The van der Waals surface area contributed by atoms with E-state index in [0.717, 1.165) is 11.1 Å². The number of hydrogen-bond acceptors (Lipinski definition) is 3. The Morgan fingerprint density at radius 1 is 1.19 bits per heavy atom. The zero-order valence-electron chi connectivity index (χ0n) is 14.9. The number of benzene rings is 2. The third kappa shape index (κ3) is 3.65. The van der Waals surface area contributed by atoms with Crippen LogP contribution in [0.2, 0.25) is 0 Å². The molecule has 1 fully saturated rings. The molecule has 4 rings (SSSR count). The van der Waals surface area contributed by atoms with Crippen molar-refractivity contribution in [1.82, 2.24) is 4.90 Å². The normalized spacial score (nSPS) is 19.0. The van der Waals surface area contributed by atoms with Gasteiger partial charge in [0.2, 0.25) is 5.91 Å². The number of cyclic esters (lactones) is 1. The first-order chi connectivity index (χ1) is 13.1. The number of ether oxygens (including phenoxy) is 1. The lowest BCUT2D eigenvalue weighted by Gasteiger charge is -2.32. The molecule has 2 heterocycles. The van der Waals surface area contributed by atoms with Gasteiger partial charge in [0.15, 0.2) is 0 Å². The number of carbonyl (C=O) groups excluding carboxylic acids is 2. The van der Waals surface area contributed by atoms with Gasteiger partial charge in [-0.1, -0.05) is 36.4 Å². The summed E-state index contributed by atoms with van der Waals surface area (Å²) in [5.41, 5.74) is 2.39. The number of amides is 2. The van der Waals surface area contributed by atoms with Crippen molar-refractivity contribution in [3.8, 4) is 0 Å². The van der Waals surface area contributed by atoms with Crippen LogP contribution in [-0.4, -0.2) is 36.1 Å². The van der Waals surface area contributed by atoms with E-state index in [1.807, 2.05) is 30.3 Å². The molecule has 1 saturated heterocycles. The zero-order chi connectivity index (χ0) is 18.8. The summed E-state index contributed by atoms with van der Waals surface area (Å²) in [5, 5.41) is 0. The van der Waals surface area contributed by atoms with Crippen molar-refractivity contribution in [2.75, 3.05) is 18.1 Å². The van der Waals surface area contributed by atoms with E-state index in [-0.39, 0.29) is 18.6 Å². The van der Waals surface area contributed by atoms with Crippen LogP contribution in [-0.2, 0) is 22.5 Å². The molecule has 0 bridgehead atoms. The first kappa shape index (κ1) is 17.5. The highest BCUT2D eigenvalue weighted by Crippen LogP contribution is 2.32. The van der Waals surface area contributed by atoms with E-state index in [4.69, 9.17) is 4.74 Å². The molecule has 0 aromatic heterocycles. The molecule has 2 amide bonds. The molecule has 0 unspecified atom stereocenters. The number of anilines is 1. The van der Waals surface area contributed by atoms with Gasteiger partial charge in [-0.3, -0.25) is 9.69 Å². The minimum absolute atomic E-state index is 0.0628. The summed E-state index contributed by atoms with van der Waals surface area (Å²) >= 11 is 0. The quantitative estimate of drug-likeness (QED) is 0.833.